The predicted molar refractivity (Wildman–Crippen MR) is 96.2 cm³/mol. The molecule has 0 aliphatic heterocycles. The van der Waals surface area contributed by atoms with Crippen LogP contribution in [0.4, 0.5) is 5.82 Å². The molecule has 0 aliphatic carbocycles. The van der Waals surface area contributed by atoms with E-state index in [-0.39, 0.29) is 22.5 Å². The van der Waals surface area contributed by atoms with Gasteiger partial charge in [0, 0.05) is 0 Å². The summed E-state index contributed by atoms with van der Waals surface area (Å²) in [5.74, 6) is 0.940. The van der Waals surface area contributed by atoms with E-state index in [1.807, 2.05) is 12.1 Å². The van der Waals surface area contributed by atoms with Gasteiger partial charge in [-0.1, -0.05) is 35.0 Å². The molecule has 0 radical (unpaired) electrons. The molecule has 25 heavy (non-hydrogen) atoms. The van der Waals surface area contributed by atoms with Gasteiger partial charge in [-0.25, -0.2) is 4.98 Å². The molecule has 0 aromatic carbocycles. The lowest BCUT2D eigenvalue weighted by molar-refractivity contribution is -0.113. The Kier molecular flexibility index (Phi) is 5.62. The van der Waals surface area contributed by atoms with E-state index >= 15 is 0 Å². The van der Waals surface area contributed by atoms with Crippen LogP contribution in [0.1, 0.15) is 11.5 Å². The van der Waals surface area contributed by atoms with Gasteiger partial charge in [-0.05, 0) is 25.1 Å². The van der Waals surface area contributed by atoms with E-state index in [9.17, 15) is 4.79 Å². The zero-order valence-electron chi connectivity index (χ0n) is 13.1. The first-order valence-corrected chi connectivity index (χ1v) is 8.92. The number of aryl methyl sites for hydroxylation is 1. The first-order valence-electron chi connectivity index (χ1n) is 7.18. The minimum atomic E-state index is -0.256. The minimum absolute atomic E-state index is 0.135. The molecule has 0 bridgehead atoms. The van der Waals surface area contributed by atoms with Crippen molar-refractivity contribution in [3.8, 4) is 0 Å². The van der Waals surface area contributed by atoms with Gasteiger partial charge in [-0.3, -0.25) is 4.79 Å². The maximum absolute atomic E-state index is 12.1. The van der Waals surface area contributed by atoms with E-state index in [4.69, 9.17) is 27.6 Å². The number of anilines is 1. The molecule has 0 fully saturated rings. The van der Waals surface area contributed by atoms with E-state index in [0.717, 1.165) is 5.76 Å². The first kappa shape index (κ1) is 17.8. The first-order chi connectivity index (χ1) is 12.0. The van der Waals surface area contributed by atoms with Crippen molar-refractivity contribution in [2.45, 2.75) is 18.6 Å². The average Bonchev–Trinajstić information content (AvgIpc) is 3.23. The van der Waals surface area contributed by atoms with Crippen LogP contribution in [0.25, 0.3) is 0 Å². The van der Waals surface area contributed by atoms with Crippen LogP contribution in [0.15, 0.2) is 40.4 Å². The molecule has 1 amide bonds. The Bertz CT molecular complexity index is 882. The number of amides is 1. The normalized spacial score (nSPS) is 10.8. The van der Waals surface area contributed by atoms with E-state index in [2.05, 4.69) is 20.5 Å². The fourth-order valence-corrected chi connectivity index (χ4v) is 3.10. The van der Waals surface area contributed by atoms with Crippen LogP contribution >= 0.6 is 35.0 Å². The second-order valence-corrected chi connectivity index (χ2v) is 6.80. The molecular weight excluding hydrogens is 385 g/mol. The third kappa shape index (κ3) is 4.53. The van der Waals surface area contributed by atoms with Gasteiger partial charge in [0.25, 0.3) is 0 Å². The van der Waals surface area contributed by atoms with E-state index < -0.39 is 0 Å². The third-order valence-corrected chi connectivity index (χ3v) is 4.83. The smallest absolute Gasteiger partial charge is 0.236 e. The van der Waals surface area contributed by atoms with Gasteiger partial charge in [0.05, 0.1) is 34.3 Å². The van der Waals surface area contributed by atoms with Crippen LogP contribution in [0.5, 0.6) is 0 Å². The number of nitrogens with one attached hydrogen (secondary N) is 1. The molecule has 0 aliphatic rings. The number of hydrogen-bond acceptors (Lipinski definition) is 6. The summed E-state index contributed by atoms with van der Waals surface area (Å²) in [4.78, 5) is 16.3. The summed E-state index contributed by atoms with van der Waals surface area (Å²) in [6, 6.07) is 5.22. The van der Waals surface area contributed by atoms with E-state index in [1.54, 1.807) is 30.1 Å². The van der Waals surface area contributed by atoms with Crippen LogP contribution in [0, 0.1) is 6.92 Å². The number of carbonyl (C=O) groups excluding carboxylic acids is 1. The van der Waals surface area contributed by atoms with Gasteiger partial charge < -0.3 is 14.3 Å². The summed E-state index contributed by atoms with van der Waals surface area (Å²) in [6.07, 6.45) is 3.19. The summed E-state index contributed by atoms with van der Waals surface area (Å²) in [5.41, 5.74) is 0.590. The van der Waals surface area contributed by atoms with Gasteiger partial charge in [0.15, 0.2) is 11.0 Å². The Morgan fingerprint density at radius 3 is 3.00 bits per heavy atom. The maximum atomic E-state index is 12.1. The van der Waals surface area contributed by atoms with E-state index in [1.165, 1.54) is 11.8 Å². The summed E-state index contributed by atoms with van der Waals surface area (Å²) in [7, 11) is 0. The zero-order chi connectivity index (χ0) is 17.8. The zero-order valence-corrected chi connectivity index (χ0v) is 15.4. The second kappa shape index (κ2) is 7.90. The van der Waals surface area contributed by atoms with Gasteiger partial charge in [0.1, 0.15) is 12.1 Å². The van der Waals surface area contributed by atoms with Crippen LogP contribution in [-0.4, -0.2) is 31.4 Å². The molecule has 3 aromatic heterocycles. The number of pyridine rings is 1. The average molecular weight is 398 g/mol. The number of furan rings is 1. The highest BCUT2D eigenvalue weighted by Gasteiger charge is 2.13. The number of aromatic nitrogens is 4. The Morgan fingerprint density at radius 1 is 1.40 bits per heavy atom. The van der Waals surface area contributed by atoms with Crippen molar-refractivity contribution in [3.63, 3.8) is 0 Å². The number of nitrogens with zero attached hydrogens (tertiary/aromatic N) is 4. The quantitative estimate of drug-likeness (QED) is 0.638. The summed E-state index contributed by atoms with van der Waals surface area (Å²) in [5, 5.41) is 11.9. The van der Waals surface area contributed by atoms with Gasteiger partial charge in [0.2, 0.25) is 5.91 Å². The summed E-state index contributed by atoms with van der Waals surface area (Å²) in [6.45, 7) is 2.23. The second-order valence-electron chi connectivity index (χ2n) is 5.04. The highest BCUT2D eigenvalue weighted by molar-refractivity contribution is 7.99. The van der Waals surface area contributed by atoms with Crippen molar-refractivity contribution in [1.29, 1.82) is 0 Å². The maximum Gasteiger partial charge on any atom is 0.236 e. The van der Waals surface area contributed by atoms with Crippen LogP contribution in [0.2, 0.25) is 10.0 Å². The molecule has 3 aromatic rings. The van der Waals surface area contributed by atoms with Crippen LogP contribution in [-0.2, 0) is 11.3 Å². The van der Waals surface area contributed by atoms with Crippen molar-refractivity contribution >= 4 is 46.7 Å². The number of thioether (sulfide) groups is 1. The fraction of sp³-hybridized carbons (Fsp3) is 0.200. The van der Waals surface area contributed by atoms with Gasteiger partial charge >= 0.3 is 0 Å². The van der Waals surface area contributed by atoms with E-state index in [0.29, 0.717) is 22.4 Å². The Hall–Kier alpha value is -2.03. The lowest BCUT2D eigenvalue weighted by Crippen LogP contribution is -2.16. The molecule has 0 saturated heterocycles. The minimum Gasteiger partial charge on any atom is -0.467 e. The number of rotatable bonds is 6. The topological polar surface area (TPSA) is 85.8 Å². The molecular formula is C15H13Cl2N5O2S. The van der Waals surface area contributed by atoms with Gasteiger partial charge in [-0.15, -0.1) is 10.2 Å². The highest BCUT2D eigenvalue weighted by atomic mass is 35.5. The predicted octanol–water partition coefficient (Wildman–Crippen LogP) is 3.66. The van der Waals surface area contributed by atoms with Gasteiger partial charge in [-0.2, -0.15) is 0 Å². The third-order valence-electron chi connectivity index (χ3n) is 3.18. The molecule has 7 nitrogen and oxygen atoms in total. The lowest BCUT2D eigenvalue weighted by atomic mass is 10.3. The van der Waals surface area contributed by atoms with Crippen molar-refractivity contribution in [2.75, 3.05) is 11.1 Å². The summed E-state index contributed by atoms with van der Waals surface area (Å²) >= 11 is 13.2. The van der Waals surface area contributed by atoms with Crippen molar-refractivity contribution in [3.05, 3.63) is 52.3 Å². The Labute approximate surface area is 157 Å². The van der Waals surface area contributed by atoms with Crippen molar-refractivity contribution < 1.29 is 9.21 Å². The molecule has 3 rings (SSSR count). The molecule has 3 heterocycles. The molecule has 0 saturated carbocycles. The lowest BCUT2D eigenvalue weighted by Gasteiger charge is -2.08. The molecule has 0 spiro atoms. The molecule has 0 atom stereocenters. The number of hydrogen-bond donors (Lipinski definition) is 1. The Morgan fingerprint density at radius 2 is 2.24 bits per heavy atom. The molecule has 0 unspecified atom stereocenters. The highest BCUT2D eigenvalue weighted by Crippen LogP contribution is 2.26. The van der Waals surface area contributed by atoms with Crippen molar-refractivity contribution in [2.24, 2.45) is 0 Å². The Balaban J connectivity index is 1.60. The monoisotopic (exact) mass is 397 g/mol. The number of carbonyl (C=O) groups is 1. The van der Waals surface area contributed by atoms with Crippen LogP contribution in [0.3, 0.4) is 0 Å². The fourth-order valence-electron chi connectivity index (χ4n) is 1.98. The van der Waals surface area contributed by atoms with Crippen molar-refractivity contribution in [1.82, 2.24) is 19.7 Å². The number of halogens is 2. The SMILES string of the molecule is Cc1nc(NC(=O)CSc2nncn2Cc2ccco2)c(Cl)cc1Cl. The standard InChI is InChI=1S/C15H13Cl2N5O2S/c1-9-11(16)5-12(17)14(19-9)20-13(23)7-25-15-21-18-8-22(15)6-10-3-2-4-24-10/h2-5,8H,6-7H2,1H3,(H,19,20,23). The molecule has 1 N–H and O–H groups in total. The largest absolute Gasteiger partial charge is 0.467 e. The molecule has 130 valence electrons. The molecule has 10 heteroatoms. The van der Waals surface area contributed by atoms with Crippen LogP contribution < -0.4 is 5.32 Å². The summed E-state index contributed by atoms with van der Waals surface area (Å²) < 4.78 is 7.10.